The first-order valence-corrected chi connectivity index (χ1v) is 10.9. The fourth-order valence-corrected chi connectivity index (χ4v) is 4.10. The minimum absolute atomic E-state index is 0.113. The Bertz CT molecular complexity index is 1160. The van der Waals surface area contributed by atoms with E-state index in [0.717, 1.165) is 11.3 Å². The van der Waals surface area contributed by atoms with Crippen molar-refractivity contribution in [2.24, 2.45) is 0 Å². The van der Waals surface area contributed by atoms with Crippen LogP contribution in [0.3, 0.4) is 0 Å². The molecule has 0 bridgehead atoms. The van der Waals surface area contributed by atoms with Gasteiger partial charge in [0, 0.05) is 10.7 Å². The summed E-state index contributed by atoms with van der Waals surface area (Å²) >= 11 is 6.85. The number of nitrogens with one attached hydrogen (secondary N) is 2. The Kier molecular flexibility index (Phi) is 7.92. The van der Waals surface area contributed by atoms with E-state index in [4.69, 9.17) is 25.8 Å². The average molecular weight is 489 g/mol. The third-order valence-electron chi connectivity index (χ3n) is 4.53. The number of carbonyl (C=O) groups is 3. The highest BCUT2D eigenvalue weighted by Gasteiger charge is 2.26. The molecular weight excluding hydrogens is 468 g/mol. The molecule has 3 rings (SSSR count). The number of carbonyl (C=O) groups excluding carboxylic acids is 3. The predicted octanol–water partition coefficient (Wildman–Crippen LogP) is 4.77. The van der Waals surface area contributed by atoms with Gasteiger partial charge in [-0.25, -0.2) is 4.79 Å². The molecule has 0 saturated carbocycles. The van der Waals surface area contributed by atoms with E-state index in [0.29, 0.717) is 27.8 Å². The molecule has 0 unspecified atom stereocenters. The van der Waals surface area contributed by atoms with Crippen molar-refractivity contribution in [2.75, 3.05) is 31.5 Å². The highest BCUT2D eigenvalue weighted by atomic mass is 35.5. The molecule has 0 aliphatic rings. The van der Waals surface area contributed by atoms with Crippen molar-refractivity contribution in [3.8, 4) is 11.5 Å². The Labute approximate surface area is 199 Å². The van der Waals surface area contributed by atoms with Gasteiger partial charge in [0.2, 0.25) is 0 Å². The second-order valence-electron chi connectivity index (χ2n) is 6.73. The number of halogens is 1. The smallest absolute Gasteiger partial charge is 0.341 e. The Morgan fingerprint density at radius 1 is 0.939 bits per heavy atom. The van der Waals surface area contributed by atoms with Gasteiger partial charge in [0.15, 0.2) is 6.61 Å². The van der Waals surface area contributed by atoms with Crippen molar-refractivity contribution >= 4 is 51.4 Å². The van der Waals surface area contributed by atoms with Gasteiger partial charge < -0.3 is 24.8 Å². The summed E-state index contributed by atoms with van der Waals surface area (Å²) in [5.41, 5.74) is 1.04. The maximum Gasteiger partial charge on any atom is 0.341 e. The van der Waals surface area contributed by atoms with E-state index in [1.54, 1.807) is 62.6 Å². The third kappa shape index (κ3) is 6.03. The van der Waals surface area contributed by atoms with E-state index in [9.17, 15) is 14.4 Å². The van der Waals surface area contributed by atoms with Gasteiger partial charge in [-0.1, -0.05) is 11.6 Å². The molecule has 0 aliphatic carbocycles. The minimum atomic E-state index is -0.666. The lowest BCUT2D eigenvalue weighted by Crippen LogP contribution is -2.21. The Morgan fingerprint density at radius 2 is 1.58 bits per heavy atom. The summed E-state index contributed by atoms with van der Waals surface area (Å²) in [7, 11) is 2.78. The fourth-order valence-electron chi connectivity index (χ4n) is 2.87. The monoisotopic (exact) mass is 488 g/mol. The molecule has 2 aromatic carbocycles. The maximum atomic E-state index is 12.8. The van der Waals surface area contributed by atoms with Gasteiger partial charge in [-0.2, -0.15) is 0 Å². The van der Waals surface area contributed by atoms with Crippen molar-refractivity contribution in [3.05, 3.63) is 69.6 Å². The van der Waals surface area contributed by atoms with E-state index in [-0.39, 0.29) is 22.0 Å². The highest BCUT2D eigenvalue weighted by molar-refractivity contribution is 7.19. The minimum Gasteiger partial charge on any atom is -0.497 e. The first-order valence-electron chi connectivity index (χ1n) is 9.67. The van der Waals surface area contributed by atoms with Gasteiger partial charge in [-0.05, 0) is 61.0 Å². The molecular formula is C23H21ClN2O6S. The zero-order valence-electron chi connectivity index (χ0n) is 18.1. The lowest BCUT2D eigenvalue weighted by Gasteiger charge is -2.08. The predicted molar refractivity (Wildman–Crippen MR) is 127 cm³/mol. The lowest BCUT2D eigenvalue weighted by atomic mass is 10.1. The van der Waals surface area contributed by atoms with Crippen molar-refractivity contribution < 1.29 is 28.6 Å². The topological polar surface area (TPSA) is 103 Å². The third-order valence-corrected chi connectivity index (χ3v) is 5.98. The van der Waals surface area contributed by atoms with Crippen LogP contribution >= 0.6 is 22.9 Å². The van der Waals surface area contributed by atoms with E-state index < -0.39 is 17.8 Å². The SMILES string of the molecule is COC(=O)c1c(NC(=O)COc2ccc(OC)cc2)sc(C(=O)Nc2ccc(Cl)cc2)c1C. The maximum absolute atomic E-state index is 12.8. The van der Waals surface area contributed by atoms with Crippen molar-refractivity contribution in [1.29, 1.82) is 0 Å². The molecule has 33 heavy (non-hydrogen) atoms. The Morgan fingerprint density at radius 3 is 2.18 bits per heavy atom. The molecule has 0 atom stereocenters. The van der Waals surface area contributed by atoms with Gasteiger partial charge in [-0.15, -0.1) is 11.3 Å². The number of thiophene rings is 1. The van der Waals surface area contributed by atoms with Crippen LogP contribution in [0, 0.1) is 6.92 Å². The van der Waals surface area contributed by atoms with Crippen LogP contribution in [0.1, 0.15) is 25.6 Å². The van der Waals surface area contributed by atoms with Crippen LogP contribution in [-0.4, -0.2) is 38.6 Å². The number of hydrogen-bond acceptors (Lipinski definition) is 7. The van der Waals surface area contributed by atoms with Crippen LogP contribution in [-0.2, 0) is 9.53 Å². The van der Waals surface area contributed by atoms with Gasteiger partial charge in [0.05, 0.1) is 24.7 Å². The Hall–Kier alpha value is -3.56. The molecule has 2 N–H and O–H groups in total. The molecule has 3 aromatic rings. The number of methoxy groups -OCH3 is 2. The van der Waals surface area contributed by atoms with Crippen molar-refractivity contribution in [2.45, 2.75) is 6.92 Å². The molecule has 0 spiro atoms. The first kappa shape index (κ1) is 24.1. The largest absolute Gasteiger partial charge is 0.497 e. The molecule has 10 heteroatoms. The van der Waals surface area contributed by atoms with E-state index in [2.05, 4.69) is 10.6 Å². The summed E-state index contributed by atoms with van der Waals surface area (Å²) in [5, 5.41) is 6.12. The van der Waals surface area contributed by atoms with Crippen LogP contribution < -0.4 is 20.1 Å². The fraction of sp³-hybridized carbons (Fsp3) is 0.174. The Balaban J connectivity index is 1.75. The number of esters is 1. The van der Waals surface area contributed by atoms with Crippen LogP contribution in [0.4, 0.5) is 10.7 Å². The van der Waals surface area contributed by atoms with Crippen LogP contribution in [0.25, 0.3) is 0 Å². The summed E-state index contributed by atoms with van der Waals surface area (Å²) in [6.07, 6.45) is 0. The number of hydrogen-bond donors (Lipinski definition) is 2. The number of amides is 2. The summed E-state index contributed by atoms with van der Waals surface area (Å²) < 4.78 is 15.4. The summed E-state index contributed by atoms with van der Waals surface area (Å²) in [6, 6.07) is 13.3. The van der Waals surface area contributed by atoms with Gasteiger partial charge in [0.25, 0.3) is 11.8 Å². The first-order chi connectivity index (χ1) is 15.8. The molecule has 0 aliphatic heterocycles. The molecule has 0 fully saturated rings. The number of rotatable bonds is 8. The lowest BCUT2D eigenvalue weighted by molar-refractivity contribution is -0.118. The van der Waals surface area contributed by atoms with Gasteiger partial charge >= 0.3 is 5.97 Å². The molecule has 172 valence electrons. The standard InChI is InChI=1S/C23H21ClN2O6S/c1-13-19(23(29)31-3)22(26-18(27)12-32-17-10-8-16(30-2)9-11-17)33-20(13)21(28)25-15-6-4-14(24)5-7-15/h4-11H,12H2,1-3H3,(H,25,28)(H,26,27). The molecule has 0 radical (unpaired) electrons. The second-order valence-corrected chi connectivity index (χ2v) is 8.18. The van der Waals surface area contributed by atoms with Crippen LogP contribution in [0.5, 0.6) is 11.5 Å². The number of benzene rings is 2. The van der Waals surface area contributed by atoms with Crippen molar-refractivity contribution in [1.82, 2.24) is 0 Å². The zero-order valence-corrected chi connectivity index (χ0v) is 19.6. The van der Waals surface area contributed by atoms with Crippen LogP contribution in [0.15, 0.2) is 48.5 Å². The second kappa shape index (κ2) is 10.8. The molecule has 1 heterocycles. The van der Waals surface area contributed by atoms with E-state index in [1.165, 1.54) is 7.11 Å². The van der Waals surface area contributed by atoms with Crippen LogP contribution in [0.2, 0.25) is 5.02 Å². The normalized spacial score (nSPS) is 10.3. The van der Waals surface area contributed by atoms with Gasteiger partial charge in [0.1, 0.15) is 16.5 Å². The number of ether oxygens (including phenoxy) is 3. The van der Waals surface area contributed by atoms with E-state index >= 15 is 0 Å². The molecule has 2 amide bonds. The molecule has 0 saturated heterocycles. The molecule has 1 aromatic heterocycles. The highest BCUT2D eigenvalue weighted by Crippen LogP contribution is 2.34. The summed E-state index contributed by atoms with van der Waals surface area (Å²) in [4.78, 5) is 37.9. The summed E-state index contributed by atoms with van der Waals surface area (Å²) in [6.45, 7) is 1.32. The molecule has 8 nitrogen and oxygen atoms in total. The average Bonchev–Trinajstić information content (AvgIpc) is 3.14. The van der Waals surface area contributed by atoms with Gasteiger partial charge in [-0.3, -0.25) is 9.59 Å². The van der Waals surface area contributed by atoms with E-state index in [1.807, 2.05) is 0 Å². The van der Waals surface area contributed by atoms with Crippen molar-refractivity contribution in [3.63, 3.8) is 0 Å². The quantitative estimate of drug-likeness (QED) is 0.442. The summed E-state index contributed by atoms with van der Waals surface area (Å²) in [5.74, 6) is -0.458. The number of anilines is 2. The zero-order chi connectivity index (χ0) is 24.0.